The Kier molecular flexibility index (Phi) is 6.08. The van der Waals surface area contributed by atoms with E-state index >= 15 is 0 Å². The molecular formula is C11H12O7. The Labute approximate surface area is 102 Å². The molecule has 0 aliphatic rings. The number of aromatic carboxylic acids is 3. The summed E-state index contributed by atoms with van der Waals surface area (Å²) in [5, 5.41) is 33.4. The molecule has 0 radical (unpaired) electrons. The van der Waals surface area contributed by atoms with E-state index in [1.54, 1.807) is 6.92 Å². The molecule has 1 aromatic carbocycles. The number of rotatable bonds is 3. The molecule has 4 N–H and O–H groups in total. The van der Waals surface area contributed by atoms with Gasteiger partial charge in [0.15, 0.2) is 0 Å². The van der Waals surface area contributed by atoms with Crippen molar-refractivity contribution < 1.29 is 34.8 Å². The van der Waals surface area contributed by atoms with Gasteiger partial charge in [0.25, 0.3) is 0 Å². The smallest absolute Gasteiger partial charge is 0.335 e. The molecule has 0 aliphatic carbocycles. The highest BCUT2D eigenvalue weighted by Crippen LogP contribution is 2.11. The van der Waals surface area contributed by atoms with Crippen molar-refractivity contribution in [3.8, 4) is 0 Å². The van der Waals surface area contributed by atoms with Gasteiger partial charge in [0.1, 0.15) is 0 Å². The summed E-state index contributed by atoms with van der Waals surface area (Å²) in [4.78, 5) is 31.7. The third-order valence-electron chi connectivity index (χ3n) is 1.67. The van der Waals surface area contributed by atoms with Crippen LogP contribution >= 0.6 is 0 Å². The number of carbonyl (C=O) groups is 3. The highest BCUT2D eigenvalue weighted by Gasteiger charge is 2.14. The first-order valence-electron chi connectivity index (χ1n) is 4.79. The molecule has 0 aliphatic heterocycles. The number of carboxylic acids is 3. The zero-order chi connectivity index (χ0) is 14.3. The lowest BCUT2D eigenvalue weighted by molar-refractivity contribution is 0.0696. The highest BCUT2D eigenvalue weighted by atomic mass is 16.4. The predicted molar refractivity (Wildman–Crippen MR) is 60.1 cm³/mol. The van der Waals surface area contributed by atoms with Gasteiger partial charge in [-0.1, -0.05) is 0 Å². The van der Waals surface area contributed by atoms with Gasteiger partial charge in [0.2, 0.25) is 0 Å². The van der Waals surface area contributed by atoms with E-state index in [1.807, 2.05) is 0 Å². The fraction of sp³-hybridized carbons (Fsp3) is 0.182. The first-order chi connectivity index (χ1) is 8.33. The normalized spacial score (nSPS) is 9.00. The van der Waals surface area contributed by atoms with Crippen molar-refractivity contribution in [2.24, 2.45) is 0 Å². The lowest BCUT2D eigenvalue weighted by atomic mass is 10.1. The average molecular weight is 256 g/mol. The Morgan fingerprint density at radius 1 is 0.833 bits per heavy atom. The van der Waals surface area contributed by atoms with Gasteiger partial charge in [0.05, 0.1) is 16.7 Å². The second-order valence-corrected chi connectivity index (χ2v) is 3.03. The van der Waals surface area contributed by atoms with E-state index in [4.69, 9.17) is 20.4 Å². The molecule has 0 heterocycles. The quantitative estimate of drug-likeness (QED) is 0.628. The number of aliphatic hydroxyl groups excluding tert-OH is 1. The molecule has 0 aromatic heterocycles. The SMILES string of the molecule is CCO.O=C(O)c1cc(C(=O)O)cc(C(=O)O)c1. The topological polar surface area (TPSA) is 132 Å². The van der Waals surface area contributed by atoms with Gasteiger partial charge < -0.3 is 20.4 Å². The van der Waals surface area contributed by atoms with E-state index in [2.05, 4.69) is 0 Å². The number of aliphatic hydroxyl groups is 1. The maximum absolute atomic E-state index is 10.6. The summed E-state index contributed by atoms with van der Waals surface area (Å²) in [5.41, 5.74) is -1.10. The molecule has 98 valence electrons. The summed E-state index contributed by atoms with van der Waals surface area (Å²) in [6.07, 6.45) is 0. The second kappa shape index (κ2) is 7.02. The molecule has 0 unspecified atom stereocenters. The fourth-order valence-corrected chi connectivity index (χ4v) is 0.998. The summed E-state index contributed by atoms with van der Waals surface area (Å²) in [6, 6.07) is 2.70. The maximum atomic E-state index is 10.6. The predicted octanol–water partition coefficient (Wildman–Crippen LogP) is 0.780. The van der Waals surface area contributed by atoms with Crippen molar-refractivity contribution >= 4 is 17.9 Å². The van der Waals surface area contributed by atoms with E-state index in [1.165, 1.54) is 0 Å². The molecule has 1 aromatic rings. The minimum atomic E-state index is -1.37. The zero-order valence-electron chi connectivity index (χ0n) is 9.45. The van der Waals surface area contributed by atoms with Crippen LogP contribution in [0.3, 0.4) is 0 Å². The van der Waals surface area contributed by atoms with E-state index in [9.17, 15) is 14.4 Å². The Balaban J connectivity index is 0.000000873. The van der Waals surface area contributed by atoms with Gasteiger partial charge in [-0.3, -0.25) is 0 Å². The highest BCUT2D eigenvalue weighted by molar-refractivity contribution is 5.98. The molecule has 0 saturated carbocycles. The van der Waals surface area contributed by atoms with E-state index in [-0.39, 0.29) is 23.3 Å². The van der Waals surface area contributed by atoms with E-state index in [0.717, 1.165) is 18.2 Å². The molecule has 0 amide bonds. The third kappa shape index (κ3) is 4.62. The van der Waals surface area contributed by atoms with Crippen LogP contribution < -0.4 is 0 Å². The van der Waals surface area contributed by atoms with Crippen LogP contribution in [0.5, 0.6) is 0 Å². The van der Waals surface area contributed by atoms with Crippen molar-refractivity contribution in [2.45, 2.75) is 6.92 Å². The van der Waals surface area contributed by atoms with Crippen LogP contribution in [0.2, 0.25) is 0 Å². The van der Waals surface area contributed by atoms with Crippen LogP contribution in [0.1, 0.15) is 38.0 Å². The number of hydrogen-bond acceptors (Lipinski definition) is 4. The van der Waals surface area contributed by atoms with Gasteiger partial charge in [0, 0.05) is 6.61 Å². The maximum Gasteiger partial charge on any atom is 0.335 e. The fourth-order valence-electron chi connectivity index (χ4n) is 0.998. The molecule has 7 heteroatoms. The van der Waals surface area contributed by atoms with E-state index in [0.29, 0.717) is 0 Å². The molecule has 7 nitrogen and oxygen atoms in total. The second-order valence-electron chi connectivity index (χ2n) is 3.03. The third-order valence-corrected chi connectivity index (χ3v) is 1.67. The molecule has 0 bridgehead atoms. The van der Waals surface area contributed by atoms with Crippen LogP contribution in [0.4, 0.5) is 0 Å². The van der Waals surface area contributed by atoms with Crippen molar-refractivity contribution in [3.63, 3.8) is 0 Å². The number of benzene rings is 1. The lowest BCUT2D eigenvalue weighted by Crippen LogP contribution is -2.07. The Bertz CT molecular complexity index is 385. The van der Waals surface area contributed by atoms with Gasteiger partial charge in [-0.15, -0.1) is 0 Å². The van der Waals surface area contributed by atoms with E-state index < -0.39 is 17.9 Å². The number of hydrogen-bond donors (Lipinski definition) is 4. The van der Waals surface area contributed by atoms with Crippen molar-refractivity contribution in [1.82, 2.24) is 0 Å². The molecule has 0 atom stereocenters. The molecule has 1 rings (SSSR count). The molecule has 0 fully saturated rings. The summed E-state index contributed by atoms with van der Waals surface area (Å²) in [6.45, 7) is 1.93. The molecular weight excluding hydrogens is 244 g/mol. The molecule has 0 saturated heterocycles. The van der Waals surface area contributed by atoms with Gasteiger partial charge >= 0.3 is 17.9 Å². The van der Waals surface area contributed by atoms with Crippen molar-refractivity contribution in [2.75, 3.05) is 6.61 Å². The standard InChI is InChI=1S/C9H6O6.C2H6O/c10-7(11)4-1-5(8(12)13)3-6(2-4)9(14)15;1-2-3/h1-3H,(H,10,11)(H,12,13)(H,14,15);3H,2H2,1H3. The van der Waals surface area contributed by atoms with Gasteiger partial charge in [-0.25, -0.2) is 14.4 Å². The van der Waals surface area contributed by atoms with Crippen LogP contribution in [0, 0.1) is 0 Å². The first-order valence-corrected chi connectivity index (χ1v) is 4.79. The average Bonchev–Trinajstić information content (AvgIpc) is 2.29. The molecule has 0 spiro atoms. The largest absolute Gasteiger partial charge is 0.478 e. The minimum Gasteiger partial charge on any atom is -0.478 e. The van der Waals surface area contributed by atoms with Crippen molar-refractivity contribution in [3.05, 3.63) is 34.9 Å². The summed E-state index contributed by atoms with van der Waals surface area (Å²) >= 11 is 0. The Morgan fingerprint density at radius 3 is 1.11 bits per heavy atom. The summed E-state index contributed by atoms with van der Waals surface area (Å²) < 4.78 is 0. The monoisotopic (exact) mass is 256 g/mol. The van der Waals surface area contributed by atoms with Crippen LogP contribution in [0.25, 0.3) is 0 Å². The van der Waals surface area contributed by atoms with Crippen LogP contribution in [-0.2, 0) is 0 Å². The van der Waals surface area contributed by atoms with Crippen LogP contribution in [-0.4, -0.2) is 44.9 Å². The van der Waals surface area contributed by atoms with Crippen molar-refractivity contribution in [1.29, 1.82) is 0 Å². The van der Waals surface area contributed by atoms with Gasteiger partial charge in [-0.05, 0) is 25.1 Å². The van der Waals surface area contributed by atoms with Gasteiger partial charge in [-0.2, -0.15) is 0 Å². The Hall–Kier alpha value is -2.41. The lowest BCUT2D eigenvalue weighted by Gasteiger charge is -2.00. The number of carboxylic acid groups (broad SMARTS) is 3. The molecule has 18 heavy (non-hydrogen) atoms. The summed E-state index contributed by atoms with van der Waals surface area (Å²) in [7, 11) is 0. The minimum absolute atomic E-state index is 0.250. The first kappa shape index (κ1) is 15.6. The van der Waals surface area contributed by atoms with Crippen LogP contribution in [0.15, 0.2) is 18.2 Å². The zero-order valence-corrected chi connectivity index (χ0v) is 9.45. The summed E-state index contributed by atoms with van der Waals surface area (Å²) in [5.74, 6) is -4.12. The Morgan fingerprint density at radius 2 is 1.00 bits per heavy atom.